The molecular formula is C27H16Br2O. The summed E-state index contributed by atoms with van der Waals surface area (Å²) in [4.78, 5) is 0. The van der Waals surface area contributed by atoms with Crippen LogP contribution < -0.4 is 4.74 Å². The van der Waals surface area contributed by atoms with Crippen molar-refractivity contribution in [1.29, 1.82) is 0 Å². The molecule has 1 aliphatic heterocycles. The molecule has 0 amide bonds. The first-order chi connectivity index (χ1) is 14.7. The summed E-state index contributed by atoms with van der Waals surface area (Å²) in [6, 6.07) is 30.0. The highest BCUT2D eigenvalue weighted by Crippen LogP contribution is 2.58. The lowest BCUT2D eigenvalue weighted by molar-refractivity contribution is 0.431. The lowest BCUT2D eigenvalue weighted by Crippen LogP contribution is -2.35. The Labute approximate surface area is 192 Å². The molecule has 0 saturated heterocycles. The van der Waals surface area contributed by atoms with E-state index in [9.17, 15) is 0 Å². The summed E-state index contributed by atoms with van der Waals surface area (Å²) in [5.74, 6) is 1.77. The molecule has 1 aliphatic carbocycles. The Kier molecular flexibility index (Phi) is 4.06. The topological polar surface area (TPSA) is 9.23 Å². The van der Waals surface area contributed by atoms with Gasteiger partial charge in [-0.3, -0.25) is 0 Å². The molecule has 1 heterocycles. The fraction of sp³-hybridized carbons (Fsp3) is 0.0370. The minimum Gasteiger partial charge on any atom is -0.455 e. The summed E-state index contributed by atoms with van der Waals surface area (Å²) >= 11 is 7.42. The van der Waals surface area contributed by atoms with E-state index in [1.807, 2.05) is 12.1 Å². The van der Waals surface area contributed by atoms with E-state index in [1.54, 1.807) is 0 Å². The number of para-hydroxylation sites is 2. The minimum atomic E-state index is -0.482. The molecule has 1 atom stereocenters. The number of hydrogen-bond donors (Lipinski definition) is 0. The van der Waals surface area contributed by atoms with Gasteiger partial charge in [0.25, 0.3) is 0 Å². The largest absolute Gasteiger partial charge is 0.455 e. The molecule has 0 N–H and O–H groups in total. The third-order valence-electron chi connectivity index (χ3n) is 6.10. The molecule has 1 nitrogen and oxygen atoms in total. The van der Waals surface area contributed by atoms with Crippen molar-refractivity contribution in [3.63, 3.8) is 0 Å². The van der Waals surface area contributed by atoms with Gasteiger partial charge in [0, 0.05) is 15.6 Å². The van der Waals surface area contributed by atoms with Crippen LogP contribution in [-0.4, -0.2) is 0 Å². The molecule has 6 rings (SSSR count). The average Bonchev–Trinajstić information content (AvgIpc) is 2.90. The van der Waals surface area contributed by atoms with Gasteiger partial charge in [-0.2, -0.15) is 0 Å². The molecule has 4 aromatic rings. The van der Waals surface area contributed by atoms with Gasteiger partial charge in [0.05, 0.1) is 9.89 Å². The predicted molar refractivity (Wildman–Crippen MR) is 129 cm³/mol. The van der Waals surface area contributed by atoms with Gasteiger partial charge in [-0.05, 0) is 62.4 Å². The Balaban J connectivity index is 1.88. The summed E-state index contributed by atoms with van der Waals surface area (Å²) < 4.78 is 8.49. The zero-order chi connectivity index (χ0) is 20.3. The van der Waals surface area contributed by atoms with E-state index < -0.39 is 5.41 Å². The van der Waals surface area contributed by atoms with Crippen LogP contribution in [0.1, 0.15) is 33.4 Å². The minimum absolute atomic E-state index is 0.482. The fourth-order valence-electron chi connectivity index (χ4n) is 4.93. The van der Waals surface area contributed by atoms with Crippen molar-refractivity contribution in [2.75, 3.05) is 0 Å². The lowest BCUT2D eigenvalue weighted by Gasteiger charge is -2.42. The second kappa shape index (κ2) is 6.69. The van der Waals surface area contributed by atoms with Gasteiger partial charge in [-0.25, -0.2) is 0 Å². The number of fused-ring (bicyclic) bond motifs is 8. The third kappa shape index (κ3) is 2.39. The monoisotopic (exact) mass is 514 g/mol. The smallest absolute Gasteiger partial charge is 0.146 e. The first-order valence-electron chi connectivity index (χ1n) is 9.83. The molecule has 1 spiro atoms. The van der Waals surface area contributed by atoms with Crippen molar-refractivity contribution in [1.82, 2.24) is 0 Å². The van der Waals surface area contributed by atoms with Gasteiger partial charge < -0.3 is 4.74 Å². The summed E-state index contributed by atoms with van der Waals surface area (Å²) in [7, 11) is 0. The van der Waals surface area contributed by atoms with Crippen LogP contribution in [-0.2, 0) is 5.41 Å². The molecule has 144 valence electrons. The van der Waals surface area contributed by atoms with Crippen molar-refractivity contribution in [2.45, 2.75) is 5.41 Å². The number of benzene rings is 4. The van der Waals surface area contributed by atoms with Crippen LogP contribution in [0.15, 0.2) is 93.9 Å². The van der Waals surface area contributed by atoms with Gasteiger partial charge in [0.2, 0.25) is 0 Å². The van der Waals surface area contributed by atoms with Crippen molar-refractivity contribution in [3.8, 4) is 11.5 Å². The van der Waals surface area contributed by atoms with E-state index in [0.29, 0.717) is 0 Å². The summed E-state index contributed by atoms with van der Waals surface area (Å²) in [5, 5.41) is 0. The quantitative estimate of drug-likeness (QED) is 0.198. The Bertz CT molecular complexity index is 1350. The fourth-order valence-corrected chi connectivity index (χ4v) is 5.76. The lowest BCUT2D eigenvalue weighted by atomic mass is 9.62. The highest BCUT2D eigenvalue weighted by molar-refractivity contribution is 9.10. The van der Waals surface area contributed by atoms with Gasteiger partial charge in [0.1, 0.15) is 11.5 Å². The Morgan fingerprint density at radius 3 is 2.20 bits per heavy atom. The van der Waals surface area contributed by atoms with Crippen molar-refractivity contribution in [2.24, 2.45) is 0 Å². The second-order valence-electron chi connectivity index (χ2n) is 7.62. The highest BCUT2D eigenvalue weighted by Gasteiger charge is 2.48. The average molecular weight is 516 g/mol. The van der Waals surface area contributed by atoms with Gasteiger partial charge in [-0.15, -0.1) is 0 Å². The zero-order valence-electron chi connectivity index (χ0n) is 15.9. The molecule has 1 unspecified atom stereocenters. The maximum Gasteiger partial charge on any atom is 0.146 e. The number of ether oxygens (including phenoxy) is 1. The number of rotatable bonds is 0. The van der Waals surface area contributed by atoms with E-state index in [0.717, 1.165) is 31.6 Å². The van der Waals surface area contributed by atoms with Crippen LogP contribution in [0.3, 0.4) is 0 Å². The summed E-state index contributed by atoms with van der Waals surface area (Å²) in [6.07, 6.45) is 4.45. The first kappa shape index (κ1) is 18.2. The van der Waals surface area contributed by atoms with Crippen molar-refractivity contribution in [3.05, 3.63) is 127 Å². The standard InChI is InChI=1S/C27H16Br2O/c28-19-14-15-21-18(16-19)13-12-17-6-1-2-7-20(17)27(21)22-8-3-4-11-25(22)30-26-23(27)9-5-10-24(26)29/h1-16H. The van der Waals surface area contributed by atoms with Crippen LogP contribution in [0.2, 0.25) is 0 Å². The number of hydrogen-bond acceptors (Lipinski definition) is 1. The SMILES string of the molecule is Brc1ccc2c(c1)C=Cc1ccccc1C21c2ccccc2Oc2c(Br)cccc21. The molecule has 3 heteroatoms. The van der Waals surface area contributed by atoms with Crippen LogP contribution in [0.5, 0.6) is 11.5 Å². The van der Waals surface area contributed by atoms with Gasteiger partial charge >= 0.3 is 0 Å². The Morgan fingerprint density at radius 1 is 0.600 bits per heavy atom. The van der Waals surface area contributed by atoms with Crippen molar-refractivity contribution < 1.29 is 4.74 Å². The zero-order valence-corrected chi connectivity index (χ0v) is 19.1. The van der Waals surface area contributed by atoms with Crippen LogP contribution in [0.25, 0.3) is 12.2 Å². The number of halogens is 2. The Morgan fingerprint density at radius 2 is 1.30 bits per heavy atom. The van der Waals surface area contributed by atoms with Crippen molar-refractivity contribution >= 4 is 44.0 Å². The predicted octanol–water partition coefficient (Wildman–Crippen LogP) is 8.18. The molecule has 0 radical (unpaired) electrons. The Hall–Kier alpha value is -2.62. The highest BCUT2D eigenvalue weighted by atomic mass is 79.9. The second-order valence-corrected chi connectivity index (χ2v) is 9.39. The normalized spacial score (nSPS) is 17.9. The van der Waals surface area contributed by atoms with Crippen LogP contribution >= 0.6 is 31.9 Å². The van der Waals surface area contributed by atoms with E-state index in [-0.39, 0.29) is 0 Å². The van der Waals surface area contributed by atoms with Crippen LogP contribution in [0.4, 0.5) is 0 Å². The van der Waals surface area contributed by atoms with Crippen LogP contribution in [0, 0.1) is 0 Å². The van der Waals surface area contributed by atoms with Gasteiger partial charge in [0.15, 0.2) is 0 Å². The first-order valence-corrected chi connectivity index (χ1v) is 11.4. The molecular weight excluding hydrogens is 500 g/mol. The summed E-state index contributed by atoms with van der Waals surface area (Å²) in [5.41, 5.74) is 6.75. The van der Waals surface area contributed by atoms with E-state index >= 15 is 0 Å². The molecule has 0 aromatic heterocycles. The maximum absolute atomic E-state index is 6.45. The third-order valence-corrected chi connectivity index (χ3v) is 7.22. The molecule has 4 aromatic carbocycles. The molecule has 30 heavy (non-hydrogen) atoms. The summed E-state index contributed by atoms with van der Waals surface area (Å²) in [6.45, 7) is 0. The molecule has 0 bridgehead atoms. The molecule has 0 saturated carbocycles. The maximum atomic E-state index is 6.45. The van der Waals surface area contributed by atoms with Gasteiger partial charge in [-0.1, -0.05) is 88.7 Å². The van der Waals surface area contributed by atoms with E-state index in [1.165, 1.54) is 22.3 Å². The molecule has 2 aliphatic rings. The molecule has 0 fully saturated rings. The van der Waals surface area contributed by atoms with E-state index in [2.05, 4.69) is 117 Å². The van der Waals surface area contributed by atoms with E-state index in [4.69, 9.17) is 4.74 Å².